The van der Waals surface area contributed by atoms with Crippen molar-refractivity contribution in [2.45, 2.75) is 37.3 Å². The number of anilines is 1. The van der Waals surface area contributed by atoms with Gasteiger partial charge in [0, 0.05) is 17.7 Å². The molecule has 1 aromatic heterocycles. The van der Waals surface area contributed by atoms with Gasteiger partial charge in [0.05, 0.1) is 6.61 Å². The summed E-state index contributed by atoms with van der Waals surface area (Å²) in [6.45, 7) is 2.60. The number of aromatic nitrogens is 2. The lowest BCUT2D eigenvalue weighted by molar-refractivity contribution is -0.118. The maximum atomic E-state index is 14.6. The first-order valence-electron chi connectivity index (χ1n) is 6.91. The van der Waals surface area contributed by atoms with E-state index in [4.69, 9.17) is 21.4 Å². The standard InChI is InChI=1S/C13H17ClFN3O5/c1-5(2)11(21)17-10-6(3-16-12(22)18-10)9-13(14,15)8(20)7(4-19)23-9/h3,5,7-9,19-20H,4H2,1-2H3,(H2,16,17,18,21,22)/t7-,8-,9-,13-/m1/s1. The van der Waals surface area contributed by atoms with Gasteiger partial charge in [-0.1, -0.05) is 25.4 Å². The Bertz CT molecular complexity index is 651. The Morgan fingerprint density at radius 2 is 2.30 bits per heavy atom. The molecule has 0 aliphatic carbocycles. The molecule has 2 rings (SSSR count). The number of nitrogens with one attached hydrogen (secondary N) is 2. The van der Waals surface area contributed by atoms with Gasteiger partial charge in [0.15, 0.2) is 0 Å². The largest absolute Gasteiger partial charge is 0.394 e. The van der Waals surface area contributed by atoms with Crippen molar-refractivity contribution in [2.75, 3.05) is 11.9 Å². The van der Waals surface area contributed by atoms with Crippen LogP contribution in [0.1, 0.15) is 25.5 Å². The second-order valence-corrected chi connectivity index (χ2v) is 6.09. The molecule has 1 saturated heterocycles. The Morgan fingerprint density at radius 1 is 1.65 bits per heavy atom. The highest BCUT2D eigenvalue weighted by atomic mass is 35.5. The number of halogens is 2. The first-order valence-corrected chi connectivity index (χ1v) is 7.29. The summed E-state index contributed by atoms with van der Waals surface area (Å²) in [5.74, 6) is -1.07. The molecule has 4 atom stereocenters. The van der Waals surface area contributed by atoms with Crippen LogP contribution < -0.4 is 11.0 Å². The lowest BCUT2D eigenvalue weighted by Gasteiger charge is -2.22. The minimum Gasteiger partial charge on any atom is -0.394 e. The summed E-state index contributed by atoms with van der Waals surface area (Å²) in [6.07, 6.45) is -3.48. The Labute approximate surface area is 135 Å². The molecule has 1 aliphatic heterocycles. The molecule has 0 radical (unpaired) electrons. The van der Waals surface area contributed by atoms with Gasteiger partial charge in [-0.3, -0.25) is 4.79 Å². The summed E-state index contributed by atoms with van der Waals surface area (Å²) < 4.78 is 19.8. The van der Waals surface area contributed by atoms with Crippen LogP contribution in [0.5, 0.6) is 0 Å². The smallest absolute Gasteiger partial charge is 0.346 e. The second kappa shape index (κ2) is 6.52. The van der Waals surface area contributed by atoms with E-state index in [1.807, 2.05) is 0 Å². The first-order chi connectivity index (χ1) is 10.7. The number of nitrogens with zero attached hydrogens (tertiary/aromatic N) is 1. The lowest BCUT2D eigenvalue weighted by Crippen LogP contribution is -2.37. The van der Waals surface area contributed by atoms with Crippen molar-refractivity contribution in [2.24, 2.45) is 5.92 Å². The van der Waals surface area contributed by atoms with Gasteiger partial charge in [0.2, 0.25) is 11.0 Å². The lowest BCUT2D eigenvalue weighted by atomic mass is 10.0. The molecule has 1 fully saturated rings. The van der Waals surface area contributed by atoms with E-state index in [-0.39, 0.29) is 11.4 Å². The summed E-state index contributed by atoms with van der Waals surface area (Å²) in [5, 5.41) is 18.5. The van der Waals surface area contributed by atoms with Crippen molar-refractivity contribution in [3.63, 3.8) is 0 Å². The molecule has 1 aliphatic rings. The number of aliphatic hydroxyl groups is 2. The average Bonchev–Trinajstić information content (AvgIpc) is 2.70. The second-order valence-electron chi connectivity index (χ2n) is 5.51. The first kappa shape index (κ1) is 17.8. The van der Waals surface area contributed by atoms with Crippen LogP contribution in [0.15, 0.2) is 11.0 Å². The fraction of sp³-hybridized carbons (Fsp3) is 0.615. The van der Waals surface area contributed by atoms with E-state index in [9.17, 15) is 19.1 Å². The molecule has 0 aromatic carbocycles. The molecule has 8 nitrogen and oxygen atoms in total. The number of aliphatic hydroxyl groups excluding tert-OH is 2. The van der Waals surface area contributed by atoms with Gasteiger partial charge in [-0.25, -0.2) is 9.18 Å². The minimum atomic E-state index is -2.76. The average molecular weight is 350 g/mol. The van der Waals surface area contributed by atoms with E-state index in [0.29, 0.717) is 0 Å². The predicted octanol–water partition coefficient (Wildman–Crippen LogP) is 0.0621. The Hall–Kier alpha value is -1.55. The van der Waals surface area contributed by atoms with Gasteiger partial charge in [-0.05, 0) is 0 Å². The number of amides is 1. The van der Waals surface area contributed by atoms with E-state index in [1.54, 1.807) is 13.8 Å². The topological polar surface area (TPSA) is 125 Å². The van der Waals surface area contributed by atoms with Crippen LogP contribution >= 0.6 is 11.6 Å². The van der Waals surface area contributed by atoms with Gasteiger partial charge >= 0.3 is 5.69 Å². The molecule has 1 aromatic rings. The molecule has 0 unspecified atom stereocenters. The third-order valence-corrected chi connectivity index (χ3v) is 3.90. The normalized spacial score (nSPS) is 30.7. The highest BCUT2D eigenvalue weighted by molar-refractivity contribution is 6.24. The molecule has 1 amide bonds. The quantitative estimate of drug-likeness (QED) is 0.570. The summed E-state index contributed by atoms with van der Waals surface area (Å²) in [6, 6.07) is 0. The number of rotatable bonds is 4. The van der Waals surface area contributed by atoms with Crippen LogP contribution in [0.25, 0.3) is 0 Å². The van der Waals surface area contributed by atoms with Crippen LogP contribution in [-0.2, 0) is 9.53 Å². The van der Waals surface area contributed by atoms with Crippen molar-refractivity contribution < 1.29 is 24.1 Å². The molecule has 128 valence electrons. The maximum Gasteiger partial charge on any atom is 0.346 e. The third kappa shape index (κ3) is 3.37. The van der Waals surface area contributed by atoms with Crippen molar-refractivity contribution in [3.8, 4) is 0 Å². The molecule has 0 spiro atoms. The summed E-state index contributed by atoms with van der Waals surface area (Å²) in [5.41, 5.74) is -0.810. The van der Waals surface area contributed by atoms with Crippen molar-refractivity contribution in [1.29, 1.82) is 0 Å². The molecular weight excluding hydrogens is 333 g/mol. The molecule has 4 N–H and O–H groups in total. The number of alkyl halides is 2. The molecule has 2 heterocycles. The number of hydrogen-bond acceptors (Lipinski definition) is 6. The molecular formula is C13H17ClFN3O5. The van der Waals surface area contributed by atoms with Gasteiger partial charge < -0.3 is 25.3 Å². The Balaban J connectivity index is 2.43. The van der Waals surface area contributed by atoms with Crippen molar-refractivity contribution >= 4 is 23.3 Å². The van der Waals surface area contributed by atoms with Crippen LogP contribution in [0.4, 0.5) is 10.2 Å². The highest BCUT2D eigenvalue weighted by Gasteiger charge is 2.57. The fourth-order valence-corrected chi connectivity index (χ4v) is 2.44. The maximum absolute atomic E-state index is 14.6. The van der Waals surface area contributed by atoms with Crippen LogP contribution in [0.2, 0.25) is 0 Å². The Kier molecular flexibility index (Phi) is 5.04. The molecule has 0 saturated carbocycles. The van der Waals surface area contributed by atoms with Gasteiger partial charge in [0.25, 0.3) is 0 Å². The number of aromatic amines is 1. The van der Waals surface area contributed by atoms with Crippen LogP contribution in [0, 0.1) is 5.92 Å². The van der Waals surface area contributed by atoms with E-state index in [2.05, 4.69) is 15.3 Å². The zero-order valence-electron chi connectivity index (χ0n) is 12.4. The van der Waals surface area contributed by atoms with E-state index < -0.39 is 47.6 Å². The molecule has 23 heavy (non-hydrogen) atoms. The van der Waals surface area contributed by atoms with Crippen molar-refractivity contribution in [1.82, 2.24) is 9.97 Å². The Morgan fingerprint density at radius 3 is 2.83 bits per heavy atom. The SMILES string of the molecule is CC(C)C(=O)Nc1nc(=O)[nH]cc1[C@H]1O[C@H](CO)[C@@H](O)[C@]1(F)Cl. The summed E-state index contributed by atoms with van der Waals surface area (Å²) in [4.78, 5) is 29.0. The zero-order chi connectivity index (χ0) is 17.4. The van der Waals surface area contributed by atoms with Crippen LogP contribution in [-0.4, -0.2) is 50.0 Å². The van der Waals surface area contributed by atoms with E-state index in [0.717, 1.165) is 6.20 Å². The number of H-pyrrole nitrogens is 1. The monoisotopic (exact) mass is 349 g/mol. The number of ether oxygens (including phenoxy) is 1. The van der Waals surface area contributed by atoms with Gasteiger partial charge in [-0.15, -0.1) is 0 Å². The third-order valence-electron chi connectivity index (χ3n) is 3.47. The predicted molar refractivity (Wildman–Crippen MR) is 78.7 cm³/mol. The summed E-state index contributed by atoms with van der Waals surface area (Å²) >= 11 is 5.72. The number of hydrogen-bond donors (Lipinski definition) is 4. The number of carbonyl (C=O) groups is 1. The minimum absolute atomic E-state index is 0.0499. The van der Waals surface area contributed by atoms with E-state index in [1.165, 1.54) is 0 Å². The molecule has 0 bridgehead atoms. The van der Waals surface area contributed by atoms with Crippen LogP contribution in [0.3, 0.4) is 0 Å². The van der Waals surface area contributed by atoms with Gasteiger partial charge in [0.1, 0.15) is 24.1 Å². The fourth-order valence-electron chi connectivity index (χ4n) is 2.13. The summed E-state index contributed by atoms with van der Waals surface area (Å²) in [7, 11) is 0. The number of carbonyl (C=O) groups excluding carboxylic acids is 1. The van der Waals surface area contributed by atoms with Crippen molar-refractivity contribution in [3.05, 3.63) is 22.2 Å². The van der Waals surface area contributed by atoms with Gasteiger partial charge in [-0.2, -0.15) is 4.98 Å². The van der Waals surface area contributed by atoms with E-state index >= 15 is 0 Å². The highest BCUT2D eigenvalue weighted by Crippen LogP contribution is 2.48. The zero-order valence-corrected chi connectivity index (χ0v) is 13.2. The molecule has 10 heteroatoms.